The fourth-order valence-corrected chi connectivity index (χ4v) is 2.17. The van der Waals surface area contributed by atoms with E-state index in [4.69, 9.17) is 16.3 Å². The molecule has 0 aromatic heterocycles. The smallest absolute Gasteiger partial charge is 0.123 e. The number of methoxy groups -OCH3 is 1. The van der Waals surface area contributed by atoms with Crippen molar-refractivity contribution < 1.29 is 4.74 Å². The highest BCUT2D eigenvalue weighted by atomic mass is 35.5. The van der Waals surface area contributed by atoms with Gasteiger partial charge >= 0.3 is 0 Å². The van der Waals surface area contributed by atoms with Gasteiger partial charge in [-0.3, -0.25) is 4.90 Å². The van der Waals surface area contributed by atoms with Crippen LogP contribution in [0, 0.1) is 0 Å². The molecular formula is C15H25ClN2O. The van der Waals surface area contributed by atoms with Gasteiger partial charge in [0.2, 0.25) is 0 Å². The fraction of sp³-hybridized carbons (Fsp3) is 0.600. The third kappa shape index (κ3) is 5.81. The van der Waals surface area contributed by atoms with Gasteiger partial charge in [-0.05, 0) is 24.7 Å². The molecule has 0 saturated carbocycles. The number of nitrogens with zero attached hydrogens (tertiary/aromatic N) is 1. The van der Waals surface area contributed by atoms with Crippen LogP contribution >= 0.6 is 11.6 Å². The number of benzene rings is 1. The predicted molar refractivity (Wildman–Crippen MR) is 82.1 cm³/mol. The Morgan fingerprint density at radius 1 is 1.37 bits per heavy atom. The minimum atomic E-state index is 0.527. The SMILES string of the molecule is CCN(CCNC(C)C)Cc1cc(Cl)ccc1OC. The molecule has 0 unspecified atom stereocenters. The molecule has 0 aliphatic rings. The highest BCUT2D eigenvalue weighted by Gasteiger charge is 2.09. The van der Waals surface area contributed by atoms with Crippen molar-refractivity contribution in [2.24, 2.45) is 0 Å². The molecule has 1 rings (SSSR count). The van der Waals surface area contributed by atoms with Crippen molar-refractivity contribution >= 4 is 11.6 Å². The Hall–Kier alpha value is -0.770. The largest absolute Gasteiger partial charge is 0.496 e. The second-order valence-corrected chi connectivity index (χ2v) is 5.37. The fourth-order valence-electron chi connectivity index (χ4n) is 1.97. The molecule has 19 heavy (non-hydrogen) atoms. The van der Waals surface area contributed by atoms with Gasteiger partial charge in [0.1, 0.15) is 5.75 Å². The molecule has 0 aliphatic carbocycles. The van der Waals surface area contributed by atoms with E-state index >= 15 is 0 Å². The van der Waals surface area contributed by atoms with Crippen LogP contribution in [0.25, 0.3) is 0 Å². The molecule has 0 heterocycles. The standard InChI is InChI=1S/C15H25ClN2O/c1-5-18(9-8-17-12(2)3)11-13-10-14(16)6-7-15(13)19-4/h6-7,10,12,17H,5,8-9,11H2,1-4H3. The van der Waals surface area contributed by atoms with E-state index in [1.54, 1.807) is 7.11 Å². The van der Waals surface area contributed by atoms with E-state index in [-0.39, 0.29) is 0 Å². The Balaban J connectivity index is 2.61. The van der Waals surface area contributed by atoms with Crippen LogP contribution in [0.5, 0.6) is 5.75 Å². The summed E-state index contributed by atoms with van der Waals surface area (Å²) in [6.45, 7) is 10.4. The normalized spacial score (nSPS) is 11.3. The maximum atomic E-state index is 6.06. The van der Waals surface area contributed by atoms with Crippen LogP contribution in [-0.2, 0) is 6.54 Å². The van der Waals surface area contributed by atoms with Gasteiger partial charge in [-0.2, -0.15) is 0 Å². The van der Waals surface area contributed by atoms with Crippen molar-refractivity contribution in [3.8, 4) is 5.75 Å². The first-order chi connectivity index (χ1) is 9.06. The summed E-state index contributed by atoms with van der Waals surface area (Å²) >= 11 is 6.06. The highest BCUT2D eigenvalue weighted by Crippen LogP contribution is 2.23. The maximum Gasteiger partial charge on any atom is 0.123 e. The number of rotatable bonds is 8. The molecule has 4 heteroatoms. The first-order valence-electron chi connectivity index (χ1n) is 6.85. The number of likely N-dealkylation sites (N-methyl/N-ethyl adjacent to an activating group) is 1. The molecule has 0 radical (unpaired) electrons. The van der Waals surface area contributed by atoms with Crippen LogP contribution < -0.4 is 10.1 Å². The number of hydrogen-bond donors (Lipinski definition) is 1. The molecule has 3 nitrogen and oxygen atoms in total. The zero-order valence-corrected chi connectivity index (χ0v) is 13.1. The summed E-state index contributed by atoms with van der Waals surface area (Å²) in [6, 6.07) is 6.30. The number of hydrogen-bond acceptors (Lipinski definition) is 3. The summed E-state index contributed by atoms with van der Waals surface area (Å²) < 4.78 is 5.39. The average molecular weight is 285 g/mol. The molecule has 0 atom stereocenters. The quantitative estimate of drug-likeness (QED) is 0.794. The summed E-state index contributed by atoms with van der Waals surface area (Å²) in [4.78, 5) is 2.38. The number of ether oxygens (including phenoxy) is 1. The van der Waals surface area contributed by atoms with E-state index in [1.165, 1.54) is 0 Å². The van der Waals surface area contributed by atoms with Gasteiger partial charge in [-0.25, -0.2) is 0 Å². The molecular weight excluding hydrogens is 260 g/mol. The molecule has 0 fully saturated rings. The van der Waals surface area contributed by atoms with Crippen molar-refractivity contribution in [2.45, 2.75) is 33.4 Å². The van der Waals surface area contributed by atoms with Gasteiger partial charge in [0.15, 0.2) is 0 Å². The van der Waals surface area contributed by atoms with Gasteiger partial charge in [0.05, 0.1) is 7.11 Å². The van der Waals surface area contributed by atoms with Gasteiger partial charge in [0, 0.05) is 36.3 Å². The van der Waals surface area contributed by atoms with E-state index in [0.29, 0.717) is 6.04 Å². The van der Waals surface area contributed by atoms with Crippen LogP contribution in [0.4, 0.5) is 0 Å². The molecule has 108 valence electrons. The van der Waals surface area contributed by atoms with Crippen molar-refractivity contribution in [1.29, 1.82) is 0 Å². The molecule has 0 aliphatic heterocycles. The predicted octanol–water partition coefficient (Wildman–Crippen LogP) is 3.17. The van der Waals surface area contributed by atoms with Gasteiger partial charge < -0.3 is 10.1 Å². The van der Waals surface area contributed by atoms with E-state index in [2.05, 4.69) is 31.0 Å². The Morgan fingerprint density at radius 2 is 2.11 bits per heavy atom. The van der Waals surface area contributed by atoms with Crippen LogP contribution in [0.2, 0.25) is 5.02 Å². The summed E-state index contributed by atoms with van der Waals surface area (Å²) in [6.07, 6.45) is 0. The summed E-state index contributed by atoms with van der Waals surface area (Å²) in [5.74, 6) is 0.902. The molecule has 1 N–H and O–H groups in total. The molecule has 0 spiro atoms. The third-order valence-corrected chi connectivity index (χ3v) is 3.30. The summed E-state index contributed by atoms with van der Waals surface area (Å²) in [7, 11) is 1.70. The number of halogens is 1. The topological polar surface area (TPSA) is 24.5 Å². The minimum absolute atomic E-state index is 0.527. The maximum absolute atomic E-state index is 6.06. The van der Waals surface area contributed by atoms with Crippen LogP contribution in [0.1, 0.15) is 26.3 Å². The lowest BCUT2D eigenvalue weighted by Crippen LogP contribution is -2.34. The van der Waals surface area contributed by atoms with E-state index in [9.17, 15) is 0 Å². The minimum Gasteiger partial charge on any atom is -0.496 e. The van der Waals surface area contributed by atoms with E-state index < -0.39 is 0 Å². The first-order valence-corrected chi connectivity index (χ1v) is 7.22. The number of nitrogens with one attached hydrogen (secondary N) is 1. The molecule has 0 saturated heterocycles. The van der Waals surface area contributed by atoms with Crippen molar-refractivity contribution in [1.82, 2.24) is 10.2 Å². The lowest BCUT2D eigenvalue weighted by molar-refractivity contribution is 0.271. The first kappa shape index (κ1) is 16.3. The van der Waals surface area contributed by atoms with Crippen molar-refractivity contribution in [3.63, 3.8) is 0 Å². The Kier molecular flexibility index (Phi) is 7.21. The van der Waals surface area contributed by atoms with Gasteiger partial charge in [-0.1, -0.05) is 32.4 Å². The molecule has 0 amide bonds. The van der Waals surface area contributed by atoms with Crippen LogP contribution in [0.3, 0.4) is 0 Å². The van der Waals surface area contributed by atoms with Gasteiger partial charge in [-0.15, -0.1) is 0 Å². The molecule has 0 bridgehead atoms. The van der Waals surface area contributed by atoms with Gasteiger partial charge in [0.25, 0.3) is 0 Å². The Labute approximate surface area is 121 Å². The summed E-state index contributed by atoms with van der Waals surface area (Å²) in [5.41, 5.74) is 1.14. The third-order valence-electron chi connectivity index (χ3n) is 3.06. The highest BCUT2D eigenvalue weighted by molar-refractivity contribution is 6.30. The monoisotopic (exact) mass is 284 g/mol. The van der Waals surface area contributed by atoms with Crippen molar-refractivity contribution in [2.75, 3.05) is 26.7 Å². The van der Waals surface area contributed by atoms with Crippen LogP contribution in [0.15, 0.2) is 18.2 Å². The van der Waals surface area contributed by atoms with Crippen molar-refractivity contribution in [3.05, 3.63) is 28.8 Å². The second-order valence-electron chi connectivity index (χ2n) is 4.93. The van der Waals surface area contributed by atoms with E-state index in [0.717, 1.165) is 42.5 Å². The lowest BCUT2D eigenvalue weighted by Gasteiger charge is -2.22. The lowest BCUT2D eigenvalue weighted by atomic mass is 10.2. The van der Waals surface area contributed by atoms with E-state index in [1.807, 2.05) is 18.2 Å². The average Bonchev–Trinajstić information content (AvgIpc) is 2.37. The van der Waals surface area contributed by atoms with Crippen LogP contribution in [-0.4, -0.2) is 37.7 Å². The Bertz CT molecular complexity index is 382. The summed E-state index contributed by atoms with van der Waals surface area (Å²) in [5, 5.41) is 4.19. The molecule has 1 aromatic rings. The second kappa shape index (κ2) is 8.41. The zero-order chi connectivity index (χ0) is 14.3. The Morgan fingerprint density at radius 3 is 2.68 bits per heavy atom. The molecule has 1 aromatic carbocycles. The zero-order valence-electron chi connectivity index (χ0n) is 12.4.